The van der Waals surface area contributed by atoms with Gasteiger partial charge in [-0.3, -0.25) is 24.1 Å². The summed E-state index contributed by atoms with van der Waals surface area (Å²) < 4.78 is 6.11. The summed E-state index contributed by atoms with van der Waals surface area (Å²) in [4.78, 5) is 55.3. The number of amides is 1. The number of Topliss-reactive ketones (excluding diaryl/α,β-unsaturated/α-hetero) is 2. The van der Waals surface area contributed by atoms with E-state index in [1.165, 1.54) is 19.0 Å². The quantitative estimate of drug-likeness (QED) is 0.223. The molecule has 4 aliphatic rings. The van der Waals surface area contributed by atoms with Crippen molar-refractivity contribution in [2.24, 2.45) is 28.9 Å². The molecule has 1 amide bonds. The fourth-order valence-corrected chi connectivity index (χ4v) is 7.66. The van der Waals surface area contributed by atoms with Crippen molar-refractivity contribution in [2.45, 2.75) is 89.9 Å². The van der Waals surface area contributed by atoms with Gasteiger partial charge in [-0.05, 0) is 68.7 Å². The minimum absolute atomic E-state index is 0.0242. The maximum Gasteiger partial charge on any atom is 0.309 e. The number of esters is 1. The maximum atomic E-state index is 14.5. The van der Waals surface area contributed by atoms with Crippen LogP contribution in [-0.2, 0) is 30.3 Å². The number of hydrogen-bond donors (Lipinski definition) is 5. The molecule has 0 radical (unpaired) electrons. The van der Waals surface area contributed by atoms with E-state index in [0.29, 0.717) is 30.4 Å². The fourth-order valence-electron chi connectivity index (χ4n) is 7.66. The summed E-state index contributed by atoms with van der Waals surface area (Å²) in [6, 6.07) is 2.16. The average Bonchev–Trinajstić information content (AvgIpc) is 2.89. The molecule has 2 saturated carbocycles. The van der Waals surface area contributed by atoms with Gasteiger partial charge in [-0.15, -0.1) is 0 Å². The van der Waals surface area contributed by atoms with Gasteiger partial charge >= 0.3 is 5.97 Å². The van der Waals surface area contributed by atoms with Crippen LogP contribution in [0.2, 0.25) is 0 Å². The van der Waals surface area contributed by atoms with E-state index in [2.05, 4.69) is 20.8 Å². The first kappa shape index (κ1) is 32.7. The third-order valence-corrected chi connectivity index (χ3v) is 10.2. The van der Waals surface area contributed by atoms with Crippen molar-refractivity contribution < 1.29 is 44.3 Å². The van der Waals surface area contributed by atoms with Crippen molar-refractivity contribution in [3.63, 3.8) is 0 Å². The molecule has 4 aliphatic carbocycles. The average molecular weight is 625 g/mol. The number of rotatable bonds is 7. The number of aromatic hydroxyl groups is 1. The van der Waals surface area contributed by atoms with Gasteiger partial charge in [-0.1, -0.05) is 46.2 Å². The number of phenols is 1. The number of nitrogens with two attached hydrogens (primary N) is 1. The standard InChI is InChI=1S/C34H44N2O9/c1-15-18-13-12-16(11-8-14-33(2,3)4)25(37)20(18)26(38)21-19(15)28(45-32(43)17-9-7-10-17)23-24(36(5)6)27(39)22(31(35)42)30(41)34(23,44)29(21)40/h12-13,15,17,19,23-24,28,37-38,41,44H,7-11,14H2,1-6H3,(H2,35,42)/t15-,19+,23+,24-,28-,34-/m0/s1. The third kappa shape index (κ3) is 5.04. The summed E-state index contributed by atoms with van der Waals surface area (Å²) in [5.41, 5.74) is 2.40. The van der Waals surface area contributed by atoms with Gasteiger partial charge in [-0.25, -0.2) is 0 Å². The molecule has 0 unspecified atom stereocenters. The highest BCUT2D eigenvalue weighted by atomic mass is 16.5. The van der Waals surface area contributed by atoms with E-state index in [0.717, 1.165) is 19.3 Å². The highest BCUT2D eigenvalue weighted by Gasteiger charge is 2.69. The van der Waals surface area contributed by atoms with Crippen LogP contribution in [0.5, 0.6) is 5.75 Å². The fraction of sp³-hybridized carbons (Fsp3) is 0.588. The number of ketones is 2. The SMILES string of the molecule is C[C@H]1c2ccc(CCCC(C)(C)C)c(O)c2C(O)=C2C(=O)[C@]3(O)C(O)=C(C(N)=O)C(=O)[C@@H](N(C)C)[C@@H]3[C@@H](OC(=O)C3CCC3)[C@@H]21. The van der Waals surface area contributed by atoms with Crippen LogP contribution in [0.1, 0.15) is 82.4 Å². The van der Waals surface area contributed by atoms with Gasteiger partial charge in [0.25, 0.3) is 5.91 Å². The molecular formula is C34H44N2O9. The van der Waals surface area contributed by atoms with E-state index < -0.39 is 82.0 Å². The molecule has 11 nitrogen and oxygen atoms in total. The highest BCUT2D eigenvalue weighted by Crippen LogP contribution is 2.57. The predicted octanol–water partition coefficient (Wildman–Crippen LogP) is 3.22. The number of benzene rings is 1. The van der Waals surface area contributed by atoms with Crippen molar-refractivity contribution in [3.05, 3.63) is 45.7 Å². The number of aliphatic hydroxyl groups excluding tert-OH is 2. The lowest BCUT2D eigenvalue weighted by molar-refractivity contribution is -0.189. The van der Waals surface area contributed by atoms with Gasteiger partial charge in [0.15, 0.2) is 11.4 Å². The summed E-state index contributed by atoms with van der Waals surface area (Å²) in [5.74, 6) is -9.71. The first-order valence-electron chi connectivity index (χ1n) is 15.6. The molecule has 0 aliphatic heterocycles. The zero-order chi connectivity index (χ0) is 33.3. The Hall–Kier alpha value is -3.70. The number of ether oxygens (including phenoxy) is 1. The van der Waals surface area contributed by atoms with E-state index in [1.807, 2.05) is 0 Å². The molecule has 0 spiro atoms. The van der Waals surface area contributed by atoms with Gasteiger partial charge in [0.05, 0.1) is 23.4 Å². The number of likely N-dealkylation sites (N-methyl/N-ethyl adjacent to an activating group) is 1. The lowest BCUT2D eigenvalue weighted by Gasteiger charge is -2.54. The Labute approximate surface area is 262 Å². The first-order chi connectivity index (χ1) is 20.9. The number of aryl methyl sites for hydroxylation is 1. The Balaban J connectivity index is 1.73. The zero-order valence-electron chi connectivity index (χ0n) is 26.7. The van der Waals surface area contributed by atoms with Crippen molar-refractivity contribution >= 4 is 29.2 Å². The van der Waals surface area contributed by atoms with Crippen LogP contribution in [-0.4, -0.2) is 80.6 Å². The second-order valence-electron chi connectivity index (χ2n) is 14.5. The van der Waals surface area contributed by atoms with E-state index in [-0.39, 0.29) is 22.3 Å². The topological polar surface area (TPSA) is 188 Å². The summed E-state index contributed by atoms with van der Waals surface area (Å²) in [7, 11) is 3.00. The Morgan fingerprint density at radius 1 is 1.11 bits per heavy atom. The molecule has 2 fully saturated rings. The Morgan fingerprint density at radius 2 is 1.76 bits per heavy atom. The number of carbonyl (C=O) groups excluding carboxylic acids is 4. The van der Waals surface area contributed by atoms with Crippen LogP contribution >= 0.6 is 0 Å². The molecule has 0 bridgehead atoms. The van der Waals surface area contributed by atoms with Gasteiger partial charge in [0, 0.05) is 11.5 Å². The molecule has 244 valence electrons. The predicted molar refractivity (Wildman–Crippen MR) is 164 cm³/mol. The van der Waals surface area contributed by atoms with Crippen molar-refractivity contribution in [3.8, 4) is 5.75 Å². The Morgan fingerprint density at radius 3 is 2.29 bits per heavy atom. The molecule has 1 aromatic carbocycles. The number of aliphatic hydroxyl groups is 3. The largest absolute Gasteiger partial charge is 0.508 e. The normalized spacial score (nSPS) is 30.1. The van der Waals surface area contributed by atoms with E-state index in [1.54, 1.807) is 19.1 Å². The molecular weight excluding hydrogens is 580 g/mol. The number of nitrogens with zero attached hydrogens (tertiary/aromatic N) is 1. The minimum Gasteiger partial charge on any atom is -0.508 e. The second kappa shape index (κ2) is 11.3. The highest BCUT2D eigenvalue weighted by molar-refractivity contribution is 6.24. The van der Waals surface area contributed by atoms with E-state index in [4.69, 9.17) is 10.5 Å². The summed E-state index contributed by atoms with van der Waals surface area (Å²) in [6.45, 7) is 8.11. The van der Waals surface area contributed by atoms with Crippen molar-refractivity contribution in [1.29, 1.82) is 0 Å². The number of hydrogen-bond acceptors (Lipinski definition) is 10. The zero-order valence-corrected chi connectivity index (χ0v) is 26.7. The van der Waals surface area contributed by atoms with Crippen LogP contribution in [0.25, 0.3) is 5.76 Å². The summed E-state index contributed by atoms with van der Waals surface area (Å²) in [6.07, 6.45) is 2.79. The molecule has 0 saturated heterocycles. The molecule has 0 aromatic heterocycles. The Bertz CT molecular complexity index is 1530. The molecule has 45 heavy (non-hydrogen) atoms. The molecule has 0 heterocycles. The number of primary amides is 1. The molecule has 6 atom stereocenters. The number of carbonyl (C=O) groups is 4. The Kier molecular flexibility index (Phi) is 8.19. The molecule has 6 N–H and O–H groups in total. The van der Waals surface area contributed by atoms with Crippen molar-refractivity contribution in [1.82, 2.24) is 4.90 Å². The van der Waals surface area contributed by atoms with E-state index >= 15 is 0 Å². The van der Waals surface area contributed by atoms with Crippen LogP contribution in [0.15, 0.2) is 29.0 Å². The van der Waals surface area contributed by atoms with Crippen LogP contribution in [0.4, 0.5) is 0 Å². The maximum absolute atomic E-state index is 14.5. The molecule has 11 heteroatoms. The number of phenolic OH excluding ortho intramolecular Hbond substituents is 1. The van der Waals surface area contributed by atoms with Gasteiger partial charge in [0.2, 0.25) is 5.78 Å². The summed E-state index contributed by atoms with van der Waals surface area (Å²) in [5, 5.41) is 46.8. The smallest absolute Gasteiger partial charge is 0.309 e. The van der Waals surface area contributed by atoms with Crippen LogP contribution in [0.3, 0.4) is 0 Å². The van der Waals surface area contributed by atoms with Gasteiger partial charge in [0.1, 0.15) is 28.9 Å². The van der Waals surface area contributed by atoms with E-state index in [9.17, 15) is 39.6 Å². The number of fused-ring (bicyclic) bond motifs is 3. The monoisotopic (exact) mass is 624 g/mol. The second-order valence-corrected chi connectivity index (χ2v) is 14.5. The van der Waals surface area contributed by atoms with Crippen molar-refractivity contribution in [2.75, 3.05) is 14.1 Å². The van der Waals surface area contributed by atoms with Crippen LogP contribution in [0, 0.1) is 23.2 Å². The first-order valence-corrected chi connectivity index (χ1v) is 15.6. The lowest BCUT2D eigenvalue weighted by atomic mass is 9.54. The lowest BCUT2D eigenvalue weighted by Crippen LogP contribution is -2.71. The summed E-state index contributed by atoms with van der Waals surface area (Å²) >= 11 is 0. The van der Waals surface area contributed by atoms with Gasteiger partial charge in [-0.2, -0.15) is 0 Å². The molecule has 5 rings (SSSR count). The molecule has 1 aromatic rings. The minimum atomic E-state index is -2.95. The van der Waals surface area contributed by atoms with Gasteiger partial charge < -0.3 is 30.9 Å². The third-order valence-electron chi connectivity index (χ3n) is 10.2. The van der Waals surface area contributed by atoms with Crippen LogP contribution < -0.4 is 5.73 Å².